The maximum atomic E-state index is 5.00. The molecule has 1 N–H and O–H groups in total. The number of fused-ring (bicyclic) bond motifs is 2. The first-order chi connectivity index (χ1) is 17.1. The summed E-state index contributed by atoms with van der Waals surface area (Å²) < 4.78 is 4.06. The molecule has 1 saturated heterocycles. The molecule has 0 spiro atoms. The summed E-state index contributed by atoms with van der Waals surface area (Å²) in [6.07, 6.45) is 3.76. The van der Waals surface area contributed by atoms with Crippen LogP contribution in [0.4, 0.5) is 11.8 Å². The molecule has 6 rings (SSSR count). The molecule has 0 amide bonds. The SMILES string of the molecule is CNc1nc(-c2nc3cnc(N4CCN(C)CC4)nc3n2Cc2ccccc2)cn2c(C)nnc12. The third-order valence-corrected chi connectivity index (χ3v) is 6.47. The number of likely N-dealkylation sites (N-methyl/N-ethyl adjacent to an activating group) is 1. The van der Waals surface area contributed by atoms with Gasteiger partial charge in [0.05, 0.1) is 12.7 Å². The first kappa shape index (κ1) is 21.4. The van der Waals surface area contributed by atoms with Crippen LogP contribution < -0.4 is 10.2 Å². The van der Waals surface area contributed by atoms with E-state index in [1.807, 2.05) is 49.0 Å². The fraction of sp³-hybridized carbons (Fsp3) is 0.333. The van der Waals surface area contributed by atoms with Gasteiger partial charge >= 0.3 is 0 Å². The summed E-state index contributed by atoms with van der Waals surface area (Å²) in [6.45, 7) is 6.32. The number of aromatic nitrogens is 8. The molecule has 0 bridgehead atoms. The fourth-order valence-corrected chi connectivity index (χ4v) is 4.46. The maximum Gasteiger partial charge on any atom is 0.227 e. The van der Waals surface area contributed by atoms with Gasteiger partial charge in [-0.15, -0.1) is 10.2 Å². The van der Waals surface area contributed by atoms with E-state index in [2.05, 4.69) is 54.0 Å². The van der Waals surface area contributed by atoms with E-state index in [-0.39, 0.29) is 0 Å². The molecule has 1 aliphatic heterocycles. The Morgan fingerprint density at radius 3 is 2.51 bits per heavy atom. The number of rotatable bonds is 5. The highest BCUT2D eigenvalue weighted by Gasteiger charge is 2.22. The van der Waals surface area contributed by atoms with Crippen molar-refractivity contribution in [2.24, 2.45) is 0 Å². The second-order valence-corrected chi connectivity index (χ2v) is 8.84. The van der Waals surface area contributed by atoms with Crippen molar-refractivity contribution in [3.05, 3.63) is 54.1 Å². The Morgan fingerprint density at radius 1 is 0.943 bits per heavy atom. The van der Waals surface area contributed by atoms with E-state index < -0.39 is 0 Å². The monoisotopic (exact) mass is 469 g/mol. The largest absolute Gasteiger partial charge is 0.370 e. The van der Waals surface area contributed by atoms with Crippen LogP contribution in [0.2, 0.25) is 0 Å². The van der Waals surface area contributed by atoms with Crippen molar-refractivity contribution < 1.29 is 0 Å². The molecule has 1 fully saturated rings. The number of imidazole rings is 1. The van der Waals surface area contributed by atoms with E-state index in [4.69, 9.17) is 15.0 Å². The third kappa shape index (κ3) is 3.83. The molecule has 5 heterocycles. The van der Waals surface area contributed by atoms with Gasteiger partial charge in [0.2, 0.25) is 11.6 Å². The molecule has 1 aliphatic rings. The predicted molar refractivity (Wildman–Crippen MR) is 135 cm³/mol. The van der Waals surface area contributed by atoms with E-state index in [1.54, 1.807) is 0 Å². The van der Waals surface area contributed by atoms with Gasteiger partial charge in [-0.25, -0.2) is 15.0 Å². The van der Waals surface area contributed by atoms with Crippen molar-refractivity contribution >= 4 is 28.6 Å². The topological polar surface area (TPSA) is 105 Å². The molecule has 0 saturated carbocycles. The molecule has 5 aromatic rings. The van der Waals surface area contributed by atoms with Crippen molar-refractivity contribution in [1.29, 1.82) is 0 Å². The Bertz CT molecular complexity index is 1500. The van der Waals surface area contributed by atoms with Crippen LogP contribution in [0.3, 0.4) is 0 Å². The lowest BCUT2D eigenvalue weighted by Gasteiger charge is -2.32. The average Bonchev–Trinajstić information content (AvgIpc) is 3.44. The highest BCUT2D eigenvalue weighted by molar-refractivity contribution is 5.78. The Morgan fingerprint density at radius 2 is 1.74 bits per heavy atom. The van der Waals surface area contributed by atoms with Crippen LogP contribution in [0.1, 0.15) is 11.4 Å². The molecule has 0 unspecified atom stereocenters. The number of nitrogens with zero attached hydrogens (tertiary/aromatic N) is 10. The van der Waals surface area contributed by atoms with E-state index in [9.17, 15) is 0 Å². The molecule has 178 valence electrons. The van der Waals surface area contributed by atoms with Gasteiger partial charge < -0.3 is 19.7 Å². The van der Waals surface area contributed by atoms with Crippen LogP contribution in [-0.2, 0) is 6.54 Å². The van der Waals surface area contributed by atoms with Crippen LogP contribution in [-0.4, -0.2) is 84.3 Å². The highest BCUT2D eigenvalue weighted by Crippen LogP contribution is 2.27. The average molecular weight is 470 g/mol. The van der Waals surface area contributed by atoms with E-state index >= 15 is 0 Å². The molecule has 11 heteroatoms. The number of piperazine rings is 1. The van der Waals surface area contributed by atoms with Gasteiger partial charge in [0, 0.05) is 39.4 Å². The van der Waals surface area contributed by atoms with Crippen molar-refractivity contribution in [2.45, 2.75) is 13.5 Å². The minimum atomic E-state index is 0.613. The van der Waals surface area contributed by atoms with Gasteiger partial charge in [-0.3, -0.25) is 4.40 Å². The molecular weight excluding hydrogens is 442 g/mol. The zero-order valence-corrected chi connectivity index (χ0v) is 20.0. The third-order valence-electron chi connectivity index (χ3n) is 6.47. The smallest absolute Gasteiger partial charge is 0.227 e. The summed E-state index contributed by atoms with van der Waals surface area (Å²) in [5, 5.41) is 11.6. The normalized spacial score (nSPS) is 14.8. The standard InChI is InChI=1S/C24H27N11/c1-16-30-31-23-20(25-2)27-19(15-34(16)23)22-28-18-13-26-24(33-11-9-32(3)10-12-33)29-21(18)35(22)14-17-7-5-4-6-8-17/h4-8,13,15H,9-12,14H2,1-3H3,(H,25,27). The van der Waals surface area contributed by atoms with Crippen LogP contribution in [0.5, 0.6) is 0 Å². The lowest BCUT2D eigenvalue weighted by molar-refractivity contribution is 0.311. The Hall–Kier alpha value is -4.12. The van der Waals surface area contributed by atoms with E-state index in [0.29, 0.717) is 23.7 Å². The molecule has 11 nitrogen and oxygen atoms in total. The first-order valence-corrected chi connectivity index (χ1v) is 11.7. The van der Waals surface area contributed by atoms with Crippen molar-refractivity contribution in [2.75, 3.05) is 50.5 Å². The highest BCUT2D eigenvalue weighted by atomic mass is 15.3. The summed E-state index contributed by atoms with van der Waals surface area (Å²) in [7, 11) is 3.97. The van der Waals surface area contributed by atoms with Crippen LogP contribution in [0, 0.1) is 6.92 Å². The minimum absolute atomic E-state index is 0.613. The van der Waals surface area contributed by atoms with Crippen LogP contribution >= 0.6 is 0 Å². The lowest BCUT2D eigenvalue weighted by atomic mass is 10.2. The van der Waals surface area contributed by atoms with Gasteiger partial charge in [0.15, 0.2) is 17.3 Å². The summed E-state index contributed by atoms with van der Waals surface area (Å²) in [6, 6.07) is 10.3. The number of hydrogen-bond donors (Lipinski definition) is 1. The van der Waals surface area contributed by atoms with E-state index in [1.165, 1.54) is 0 Å². The van der Waals surface area contributed by atoms with Gasteiger partial charge in [-0.1, -0.05) is 30.3 Å². The van der Waals surface area contributed by atoms with Crippen LogP contribution in [0.25, 0.3) is 28.3 Å². The lowest BCUT2D eigenvalue weighted by Crippen LogP contribution is -2.45. The minimum Gasteiger partial charge on any atom is -0.370 e. The van der Waals surface area contributed by atoms with E-state index in [0.717, 1.165) is 60.5 Å². The van der Waals surface area contributed by atoms with Crippen LogP contribution in [0.15, 0.2) is 42.7 Å². The number of nitrogens with one attached hydrogen (secondary N) is 1. The summed E-state index contributed by atoms with van der Waals surface area (Å²) in [5.41, 5.74) is 4.07. The second-order valence-electron chi connectivity index (χ2n) is 8.84. The molecular formula is C24H27N11. The molecule has 4 aromatic heterocycles. The number of anilines is 2. The summed E-state index contributed by atoms with van der Waals surface area (Å²) in [4.78, 5) is 24.0. The summed E-state index contributed by atoms with van der Waals surface area (Å²) in [5.74, 6) is 2.88. The Balaban J connectivity index is 1.52. The Labute approximate surface area is 202 Å². The summed E-state index contributed by atoms with van der Waals surface area (Å²) >= 11 is 0. The van der Waals surface area contributed by atoms with Gasteiger partial charge in [-0.2, -0.15) is 4.98 Å². The second kappa shape index (κ2) is 8.58. The van der Waals surface area contributed by atoms with Gasteiger partial charge in [0.25, 0.3) is 0 Å². The zero-order valence-electron chi connectivity index (χ0n) is 20.0. The maximum absolute atomic E-state index is 5.00. The van der Waals surface area contributed by atoms with Gasteiger partial charge in [0.1, 0.15) is 17.0 Å². The van der Waals surface area contributed by atoms with Crippen molar-refractivity contribution in [1.82, 2.24) is 44.0 Å². The Kier molecular flexibility index (Phi) is 5.25. The zero-order chi connectivity index (χ0) is 23.9. The van der Waals surface area contributed by atoms with Crippen molar-refractivity contribution in [3.63, 3.8) is 0 Å². The first-order valence-electron chi connectivity index (χ1n) is 11.7. The molecule has 1 aromatic carbocycles. The predicted octanol–water partition coefficient (Wildman–Crippen LogP) is 2.08. The molecule has 35 heavy (non-hydrogen) atoms. The van der Waals surface area contributed by atoms with Crippen molar-refractivity contribution in [3.8, 4) is 11.5 Å². The number of hydrogen-bond acceptors (Lipinski definition) is 9. The number of benzene rings is 1. The number of aryl methyl sites for hydroxylation is 1. The van der Waals surface area contributed by atoms with Gasteiger partial charge in [-0.05, 0) is 19.5 Å². The fourth-order valence-electron chi connectivity index (χ4n) is 4.46. The molecule has 0 atom stereocenters. The molecule has 0 aliphatic carbocycles. The quantitative estimate of drug-likeness (QED) is 0.414. The molecule has 0 radical (unpaired) electrons.